The number of hydrogen-bond acceptors (Lipinski definition) is 6. The zero-order valence-corrected chi connectivity index (χ0v) is 13.5. The van der Waals surface area contributed by atoms with Crippen LogP contribution in [-0.2, 0) is 16.1 Å². The first-order valence-corrected chi connectivity index (χ1v) is 7.39. The molecule has 0 spiro atoms. The maximum absolute atomic E-state index is 11.8. The van der Waals surface area contributed by atoms with Crippen LogP contribution in [0.1, 0.15) is 17.2 Å². The summed E-state index contributed by atoms with van der Waals surface area (Å²) in [6.07, 6.45) is -1.17. The molecule has 2 unspecified atom stereocenters. The predicted molar refractivity (Wildman–Crippen MR) is 86.9 cm³/mol. The maximum atomic E-state index is 11.8. The number of pyridine rings is 1. The molecule has 0 saturated heterocycles. The number of aliphatic carboxylic acids is 1. The number of carboxylic acids is 1. The van der Waals surface area contributed by atoms with Crippen molar-refractivity contribution in [3.05, 3.63) is 59.8 Å². The summed E-state index contributed by atoms with van der Waals surface area (Å²) in [5.74, 6) is -1.09. The zero-order chi connectivity index (χ0) is 18.2. The Hall–Kier alpha value is -3.13. The minimum Gasteiger partial charge on any atom is -0.481 e. The molecule has 132 valence electrons. The van der Waals surface area contributed by atoms with Crippen LogP contribution < -0.4 is 10.1 Å². The molecule has 1 heterocycles. The highest BCUT2D eigenvalue weighted by molar-refractivity contribution is 5.80. The van der Waals surface area contributed by atoms with Crippen LogP contribution in [0, 0.1) is 0 Å². The van der Waals surface area contributed by atoms with Crippen molar-refractivity contribution in [1.29, 1.82) is 0 Å². The van der Waals surface area contributed by atoms with Crippen molar-refractivity contribution >= 4 is 12.1 Å². The molecule has 0 saturated carbocycles. The van der Waals surface area contributed by atoms with Gasteiger partial charge in [0.25, 0.3) is 0 Å². The summed E-state index contributed by atoms with van der Waals surface area (Å²) in [5, 5.41) is 21.6. The lowest BCUT2D eigenvalue weighted by Crippen LogP contribution is -2.45. The Labute approximate surface area is 144 Å². The number of alkyl carbamates (subject to hydrolysis) is 1. The number of hydrogen-bond donors (Lipinski definition) is 3. The quantitative estimate of drug-likeness (QED) is 0.695. The number of methoxy groups -OCH3 is 1. The summed E-state index contributed by atoms with van der Waals surface area (Å²) in [7, 11) is 1.43. The van der Waals surface area contributed by atoms with Crippen LogP contribution in [-0.4, -0.2) is 40.4 Å². The SMILES string of the molecule is COc1ccc(C(O)C(NC(=O)OCc2ccccc2)C(=O)O)cn1. The topological polar surface area (TPSA) is 118 Å². The van der Waals surface area contributed by atoms with Gasteiger partial charge in [-0.15, -0.1) is 0 Å². The highest BCUT2D eigenvalue weighted by Gasteiger charge is 2.30. The van der Waals surface area contributed by atoms with Gasteiger partial charge in [0, 0.05) is 17.8 Å². The number of nitrogens with zero attached hydrogens (tertiary/aromatic N) is 1. The fourth-order valence-corrected chi connectivity index (χ4v) is 2.05. The predicted octanol–water partition coefficient (Wildman–Crippen LogP) is 1.50. The largest absolute Gasteiger partial charge is 0.481 e. The number of ether oxygens (including phenoxy) is 2. The molecular weight excluding hydrogens is 328 g/mol. The molecule has 0 bridgehead atoms. The first-order valence-electron chi connectivity index (χ1n) is 7.39. The standard InChI is InChI=1S/C17H18N2O6/c1-24-13-8-7-12(9-18-13)15(20)14(16(21)22)19-17(23)25-10-11-5-3-2-4-6-11/h2-9,14-15,20H,10H2,1H3,(H,19,23)(H,21,22). The molecule has 1 aromatic heterocycles. The normalized spacial score (nSPS) is 12.7. The van der Waals surface area contributed by atoms with Gasteiger partial charge in [-0.2, -0.15) is 0 Å². The molecule has 25 heavy (non-hydrogen) atoms. The second-order valence-electron chi connectivity index (χ2n) is 5.10. The molecule has 3 N–H and O–H groups in total. The average Bonchev–Trinajstić information content (AvgIpc) is 2.64. The van der Waals surface area contributed by atoms with Gasteiger partial charge in [0.05, 0.1) is 7.11 Å². The first-order chi connectivity index (χ1) is 12.0. The van der Waals surface area contributed by atoms with Gasteiger partial charge >= 0.3 is 12.1 Å². The average molecular weight is 346 g/mol. The van der Waals surface area contributed by atoms with Crippen LogP contribution >= 0.6 is 0 Å². The third-order valence-electron chi connectivity index (χ3n) is 3.38. The molecule has 2 atom stereocenters. The van der Waals surface area contributed by atoms with E-state index in [1.165, 1.54) is 25.4 Å². The summed E-state index contributed by atoms with van der Waals surface area (Å²) >= 11 is 0. The molecule has 0 fully saturated rings. The van der Waals surface area contributed by atoms with Crippen LogP contribution in [0.3, 0.4) is 0 Å². The Kier molecular flexibility index (Phi) is 6.30. The van der Waals surface area contributed by atoms with Crippen LogP contribution in [0.15, 0.2) is 48.7 Å². The number of benzene rings is 1. The molecule has 0 aliphatic carbocycles. The van der Waals surface area contributed by atoms with E-state index in [0.717, 1.165) is 5.56 Å². The Morgan fingerprint density at radius 2 is 1.92 bits per heavy atom. The summed E-state index contributed by atoms with van der Waals surface area (Å²) in [4.78, 5) is 27.1. The van der Waals surface area contributed by atoms with E-state index in [4.69, 9.17) is 9.47 Å². The molecule has 8 nitrogen and oxygen atoms in total. The second-order valence-corrected chi connectivity index (χ2v) is 5.10. The van der Waals surface area contributed by atoms with Gasteiger partial charge in [0.1, 0.15) is 12.7 Å². The Morgan fingerprint density at radius 1 is 1.20 bits per heavy atom. The van der Waals surface area contributed by atoms with E-state index in [1.54, 1.807) is 24.3 Å². The monoisotopic (exact) mass is 346 g/mol. The third kappa shape index (κ3) is 5.18. The highest BCUT2D eigenvalue weighted by atomic mass is 16.5. The van der Waals surface area contributed by atoms with E-state index in [1.807, 2.05) is 6.07 Å². The number of nitrogens with one attached hydrogen (secondary N) is 1. The number of carbonyl (C=O) groups excluding carboxylic acids is 1. The van der Waals surface area contributed by atoms with Crippen molar-refractivity contribution in [3.63, 3.8) is 0 Å². The third-order valence-corrected chi connectivity index (χ3v) is 3.38. The van der Waals surface area contributed by atoms with Crippen molar-refractivity contribution in [2.24, 2.45) is 0 Å². The van der Waals surface area contributed by atoms with E-state index in [2.05, 4.69) is 10.3 Å². The van der Waals surface area contributed by atoms with Crippen LogP contribution in [0.2, 0.25) is 0 Å². The van der Waals surface area contributed by atoms with Gasteiger partial charge in [0.2, 0.25) is 5.88 Å². The number of aromatic nitrogens is 1. The van der Waals surface area contributed by atoms with E-state index >= 15 is 0 Å². The minimum atomic E-state index is -1.58. The van der Waals surface area contributed by atoms with Gasteiger partial charge in [-0.3, -0.25) is 0 Å². The van der Waals surface area contributed by atoms with Crippen molar-refractivity contribution in [2.45, 2.75) is 18.8 Å². The summed E-state index contributed by atoms with van der Waals surface area (Å²) in [6, 6.07) is 10.3. The van der Waals surface area contributed by atoms with Crippen molar-refractivity contribution in [3.8, 4) is 5.88 Å². The number of aliphatic hydroxyl groups excluding tert-OH is 1. The summed E-state index contributed by atoms with van der Waals surface area (Å²) in [6.45, 7) is -0.0147. The molecule has 8 heteroatoms. The number of aliphatic hydroxyl groups is 1. The first kappa shape index (κ1) is 18.2. The number of rotatable bonds is 7. The summed E-state index contributed by atoms with van der Waals surface area (Å²) in [5.41, 5.74) is 0.973. The molecule has 0 aliphatic rings. The van der Waals surface area contributed by atoms with Crippen molar-refractivity contribution in [2.75, 3.05) is 7.11 Å². The van der Waals surface area contributed by atoms with E-state index in [0.29, 0.717) is 5.88 Å². The Balaban J connectivity index is 1.99. The molecule has 2 aromatic rings. The van der Waals surface area contributed by atoms with Crippen LogP contribution in [0.4, 0.5) is 4.79 Å². The Bertz CT molecular complexity index is 705. The zero-order valence-electron chi connectivity index (χ0n) is 13.5. The molecule has 0 radical (unpaired) electrons. The van der Waals surface area contributed by atoms with Gasteiger partial charge in [-0.05, 0) is 11.6 Å². The maximum Gasteiger partial charge on any atom is 0.408 e. The molecule has 2 rings (SSSR count). The van der Waals surface area contributed by atoms with Gasteiger partial charge in [0.15, 0.2) is 6.04 Å². The van der Waals surface area contributed by atoms with Gasteiger partial charge in [-0.1, -0.05) is 30.3 Å². The molecule has 1 aromatic carbocycles. The van der Waals surface area contributed by atoms with Gasteiger partial charge < -0.3 is 25.0 Å². The van der Waals surface area contributed by atoms with Crippen molar-refractivity contribution < 1.29 is 29.3 Å². The lowest BCUT2D eigenvalue weighted by molar-refractivity contribution is -0.142. The molecular formula is C17H18N2O6. The number of carbonyl (C=O) groups is 2. The Morgan fingerprint density at radius 3 is 2.48 bits per heavy atom. The van der Waals surface area contributed by atoms with Crippen LogP contribution in [0.5, 0.6) is 5.88 Å². The highest BCUT2D eigenvalue weighted by Crippen LogP contribution is 2.18. The van der Waals surface area contributed by atoms with Crippen LogP contribution in [0.25, 0.3) is 0 Å². The number of carboxylic acid groups (broad SMARTS) is 1. The van der Waals surface area contributed by atoms with E-state index in [-0.39, 0.29) is 12.2 Å². The molecule has 0 aliphatic heterocycles. The van der Waals surface area contributed by atoms with E-state index < -0.39 is 24.2 Å². The van der Waals surface area contributed by atoms with Gasteiger partial charge in [-0.25, -0.2) is 14.6 Å². The molecule has 1 amide bonds. The smallest absolute Gasteiger partial charge is 0.408 e. The fourth-order valence-electron chi connectivity index (χ4n) is 2.05. The second kappa shape index (κ2) is 8.65. The summed E-state index contributed by atoms with van der Waals surface area (Å²) < 4.78 is 9.87. The van der Waals surface area contributed by atoms with E-state index in [9.17, 15) is 19.8 Å². The van der Waals surface area contributed by atoms with Crippen molar-refractivity contribution in [1.82, 2.24) is 10.3 Å². The minimum absolute atomic E-state index is 0.0147. The fraction of sp³-hybridized carbons (Fsp3) is 0.235. The lowest BCUT2D eigenvalue weighted by atomic mass is 10.0. The lowest BCUT2D eigenvalue weighted by Gasteiger charge is -2.20. The number of amides is 1.